The molecule has 0 spiro atoms. The number of fused-ring (bicyclic) bond motifs is 3. The van der Waals surface area contributed by atoms with Gasteiger partial charge in [0.15, 0.2) is 0 Å². The Morgan fingerprint density at radius 2 is 1.71 bits per heavy atom. The molecule has 1 heterocycles. The first kappa shape index (κ1) is 24.3. The summed E-state index contributed by atoms with van der Waals surface area (Å²) < 4.78 is 94.7. The van der Waals surface area contributed by atoms with Crippen LogP contribution in [0.3, 0.4) is 0 Å². The number of alkyl halides is 7. The summed E-state index contributed by atoms with van der Waals surface area (Å²) in [4.78, 5) is 12.2. The van der Waals surface area contributed by atoms with Crippen molar-refractivity contribution in [2.45, 2.75) is 75.1 Å². The van der Waals surface area contributed by atoms with Crippen molar-refractivity contribution in [2.24, 2.45) is 0 Å². The molecule has 1 fully saturated rings. The molecule has 0 aromatic heterocycles. The number of carbonyl (C=O) groups is 1. The van der Waals surface area contributed by atoms with Crippen molar-refractivity contribution in [1.82, 2.24) is 4.31 Å². The quantitative estimate of drug-likeness (QED) is 0.469. The van der Waals surface area contributed by atoms with E-state index in [1.165, 1.54) is 13.8 Å². The fraction of sp³-hybridized carbons (Fsp3) is 0.650. The minimum Gasteiger partial charge on any atom is -0.390 e. The lowest BCUT2D eigenvalue weighted by molar-refractivity contribution is -0.348. The van der Waals surface area contributed by atoms with Gasteiger partial charge in [0.2, 0.25) is 5.12 Å². The molecule has 1 aromatic rings. The minimum absolute atomic E-state index is 0.0566. The largest absolute Gasteiger partial charge is 0.435 e. The molecule has 3 rings (SSSR count). The number of rotatable bonds is 4. The van der Waals surface area contributed by atoms with Crippen LogP contribution in [0.25, 0.3) is 0 Å². The molecule has 2 unspecified atom stereocenters. The Morgan fingerprint density at radius 3 is 2.26 bits per heavy atom. The van der Waals surface area contributed by atoms with E-state index in [0.717, 1.165) is 18.0 Å². The summed E-state index contributed by atoms with van der Waals surface area (Å²) in [5, 5.41) is 9.56. The number of nitrogens with zero attached hydrogens (tertiary/aromatic N) is 1. The summed E-state index contributed by atoms with van der Waals surface area (Å²) in [6.07, 6.45) is -11.2. The van der Waals surface area contributed by atoms with Crippen LogP contribution in [-0.2, 0) is 16.9 Å². The molecule has 1 saturated heterocycles. The average molecular weight is 473 g/mol. The van der Waals surface area contributed by atoms with E-state index in [0.29, 0.717) is 37.1 Å². The molecule has 1 aliphatic heterocycles. The maximum atomic E-state index is 14.4. The fourth-order valence-corrected chi connectivity index (χ4v) is 5.62. The van der Waals surface area contributed by atoms with E-state index < -0.39 is 29.2 Å². The van der Waals surface area contributed by atoms with Gasteiger partial charge in [-0.05, 0) is 56.2 Å². The topological polar surface area (TPSA) is 40.5 Å². The van der Waals surface area contributed by atoms with E-state index in [4.69, 9.17) is 0 Å². The Morgan fingerprint density at radius 1 is 1.10 bits per heavy atom. The van der Waals surface area contributed by atoms with Gasteiger partial charge in [-0.1, -0.05) is 18.2 Å². The summed E-state index contributed by atoms with van der Waals surface area (Å²) in [5.41, 5.74) is -7.20. The number of benzene rings is 1. The summed E-state index contributed by atoms with van der Waals surface area (Å²) in [6.45, 7) is 3.54. The summed E-state index contributed by atoms with van der Waals surface area (Å²) in [7, 11) is 0. The third-order valence-corrected chi connectivity index (χ3v) is 6.76. The van der Waals surface area contributed by atoms with Crippen molar-refractivity contribution in [1.29, 1.82) is 0 Å². The zero-order valence-electron chi connectivity index (χ0n) is 16.8. The zero-order chi connectivity index (χ0) is 23.4. The third-order valence-electron chi connectivity index (χ3n) is 5.72. The lowest BCUT2D eigenvalue weighted by Gasteiger charge is -2.35. The normalized spacial score (nSPS) is 22.9. The molecule has 1 N–H and O–H groups in total. The van der Waals surface area contributed by atoms with Crippen molar-refractivity contribution in [3.63, 3.8) is 0 Å². The van der Waals surface area contributed by atoms with Crippen molar-refractivity contribution in [3.05, 3.63) is 34.9 Å². The van der Waals surface area contributed by atoms with Gasteiger partial charge in [-0.3, -0.25) is 4.79 Å². The highest BCUT2D eigenvalue weighted by atomic mass is 32.2. The van der Waals surface area contributed by atoms with Crippen molar-refractivity contribution < 1.29 is 40.6 Å². The Kier molecular flexibility index (Phi) is 6.21. The summed E-state index contributed by atoms with van der Waals surface area (Å²) >= 11 is 0.985. The van der Waals surface area contributed by atoms with E-state index in [1.54, 1.807) is 0 Å². The van der Waals surface area contributed by atoms with E-state index >= 15 is 0 Å². The Bertz CT molecular complexity index is 833. The van der Waals surface area contributed by atoms with Gasteiger partial charge >= 0.3 is 18.0 Å². The predicted octanol–water partition coefficient (Wildman–Crippen LogP) is 5.42. The molecule has 2 atom stereocenters. The van der Waals surface area contributed by atoms with Gasteiger partial charge in [-0.15, -0.1) is 0 Å². The highest BCUT2D eigenvalue weighted by Gasteiger charge is 2.73. The highest BCUT2D eigenvalue weighted by molar-refractivity contribution is 8.11. The molecule has 2 aliphatic rings. The molecule has 0 radical (unpaired) electrons. The highest BCUT2D eigenvalue weighted by Crippen LogP contribution is 2.54. The van der Waals surface area contributed by atoms with Gasteiger partial charge in [0.1, 0.15) is 0 Å². The molecule has 1 aromatic carbocycles. The van der Waals surface area contributed by atoms with Gasteiger partial charge in [0.25, 0.3) is 0 Å². The van der Waals surface area contributed by atoms with Gasteiger partial charge in [0, 0.05) is 30.5 Å². The number of aryl methyl sites for hydroxylation is 1. The second-order valence-electron chi connectivity index (χ2n) is 8.66. The van der Waals surface area contributed by atoms with Gasteiger partial charge < -0.3 is 5.11 Å². The zero-order valence-corrected chi connectivity index (χ0v) is 17.6. The van der Waals surface area contributed by atoms with Crippen LogP contribution >= 0.6 is 11.9 Å². The van der Waals surface area contributed by atoms with Crippen LogP contribution in [-0.4, -0.2) is 45.1 Å². The predicted molar refractivity (Wildman–Crippen MR) is 101 cm³/mol. The van der Waals surface area contributed by atoms with E-state index in [-0.39, 0.29) is 35.5 Å². The number of carbonyl (C=O) groups excluding carboxylic acids is 1. The molecule has 31 heavy (non-hydrogen) atoms. The summed E-state index contributed by atoms with van der Waals surface area (Å²) in [5.74, 6) is -0.175. The molecular weight excluding hydrogens is 451 g/mol. The molecule has 174 valence electrons. The van der Waals surface area contributed by atoms with Crippen molar-refractivity contribution in [2.75, 3.05) is 6.54 Å². The average Bonchev–Trinajstić information content (AvgIpc) is 3.00. The van der Waals surface area contributed by atoms with E-state index in [9.17, 15) is 40.6 Å². The number of halogens is 7. The monoisotopic (exact) mass is 473 g/mol. The standard InChI is InChI=1S/C20H22F7NO2S/c1-17(2,30)10-16(29)31-28-8-7-14-13-5-4-12(9-11(13)3-6-15(14)28)18(21,19(22,23)24)20(25,26)27/h4-5,9,14-15,30H,3,6-8,10H2,1-2H3. The molecule has 0 amide bonds. The second kappa shape index (κ2) is 7.91. The van der Waals surface area contributed by atoms with Crippen LogP contribution < -0.4 is 0 Å². The lowest BCUT2D eigenvalue weighted by Crippen LogP contribution is -2.50. The number of aliphatic hydroxyl groups is 1. The number of hydrogen-bond donors (Lipinski definition) is 1. The van der Waals surface area contributed by atoms with Crippen molar-refractivity contribution >= 4 is 17.1 Å². The maximum absolute atomic E-state index is 14.4. The first-order valence-corrected chi connectivity index (χ1v) is 10.5. The lowest BCUT2D eigenvalue weighted by atomic mass is 9.78. The first-order valence-electron chi connectivity index (χ1n) is 9.70. The molecule has 1 aliphatic carbocycles. The van der Waals surface area contributed by atoms with Crippen molar-refractivity contribution in [3.8, 4) is 0 Å². The van der Waals surface area contributed by atoms with Crippen LogP contribution in [0.2, 0.25) is 0 Å². The SMILES string of the molecule is CC(C)(O)CC(=O)SN1CCC2c3ccc(C(F)(C(F)(F)F)C(F)(F)F)cc3CCC21. The smallest absolute Gasteiger partial charge is 0.390 e. The minimum atomic E-state index is -6.14. The molecular formula is C20H22F7NO2S. The van der Waals surface area contributed by atoms with Gasteiger partial charge in [-0.2, -0.15) is 26.3 Å². The molecule has 0 bridgehead atoms. The van der Waals surface area contributed by atoms with Crippen LogP contribution in [0.4, 0.5) is 30.7 Å². The second-order valence-corrected chi connectivity index (χ2v) is 9.77. The Hall–Kier alpha value is -1.33. The van der Waals surface area contributed by atoms with Gasteiger partial charge in [-0.25, -0.2) is 8.70 Å². The van der Waals surface area contributed by atoms with E-state index in [2.05, 4.69) is 0 Å². The Labute approximate surface area is 179 Å². The maximum Gasteiger partial charge on any atom is 0.435 e. The third kappa shape index (κ3) is 4.59. The summed E-state index contributed by atoms with van der Waals surface area (Å²) in [6, 6.07) is 2.29. The number of hydrogen-bond acceptors (Lipinski definition) is 4. The van der Waals surface area contributed by atoms with Crippen LogP contribution in [0, 0.1) is 0 Å². The van der Waals surface area contributed by atoms with E-state index in [1.807, 2.05) is 4.31 Å². The molecule has 11 heteroatoms. The first-order chi connectivity index (χ1) is 14.0. The van der Waals surface area contributed by atoms with Crippen LogP contribution in [0.5, 0.6) is 0 Å². The van der Waals surface area contributed by atoms with Crippen LogP contribution in [0.1, 0.15) is 55.7 Å². The van der Waals surface area contributed by atoms with Crippen LogP contribution in [0.15, 0.2) is 18.2 Å². The molecule has 0 saturated carbocycles. The Balaban J connectivity index is 1.85. The van der Waals surface area contributed by atoms with Gasteiger partial charge in [0.05, 0.1) is 5.60 Å². The fourth-order valence-electron chi connectivity index (χ4n) is 4.35. The molecule has 3 nitrogen and oxygen atoms in total.